The molecule has 0 aromatic carbocycles. The average molecular weight is 238 g/mol. The second kappa shape index (κ2) is 9.43. The molecule has 0 radical (unpaired) electrons. The predicted octanol–water partition coefficient (Wildman–Crippen LogP) is 3.17. The number of allylic oxidation sites excluding steroid dienone is 2. The van der Waals surface area contributed by atoms with Crippen molar-refractivity contribution >= 4 is 0 Å². The first-order chi connectivity index (χ1) is 8.19. The minimum Gasteiger partial charge on any atom is -0.304 e. The Kier molecular flexibility index (Phi) is 9.10. The van der Waals surface area contributed by atoms with Crippen LogP contribution in [0.5, 0.6) is 0 Å². The van der Waals surface area contributed by atoms with Crippen molar-refractivity contribution < 1.29 is 0 Å². The maximum absolute atomic E-state index is 3.78. The number of nitrogens with zero attached hydrogens (tertiary/aromatic N) is 2. The standard InChI is InChI=1S/C13H24N2.C2H6/c1-5-7-13(6-2)12(3)15-10-8-14(4)9-11-15;1-2/h5,7,12H,1,6,8-11H2,2-4H3;1-2H3/b13-7+;. The lowest BCUT2D eigenvalue weighted by Crippen LogP contribution is -2.48. The quantitative estimate of drug-likeness (QED) is 0.694. The zero-order valence-electron chi connectivity index (χ0n) is 12.4. The molecule has 2 nitrogen and oxygen atoms in total. The van der Waals surface area contributed by atoms with Crippen LogP contribution in [0.1, 0.15) is 34.1 Å². The summed E-state index contributed by atoms with van der Waals surface area (Å²) in [5, 5.41) is 0. The van der Waals surface area contributed by atoms with E-state index < -0.39 is 0 Å². The number of hydrogen-bond acceptors (Lipinski definition) is 2. The molecule has 0 aromatic rings. The van der Waals surface area contributed by atoms with Gasteiger partial charge in [0.05, 0.1) is 0 Å². The summed E-state index contributed by atoms with van der Waals surface area (Å²) in [6.07, 6.45) is 5.20. The van der Waals surface area contributed by atoms with Gasteiger partial charge in [-0.3, -0.25) is 4.90 Å². The lowest BCUT2D eigenvalue weighted by molar-refractivity contribution is 0.131. The Balaban J connectivity index is 0.00000121. The molecule has 0 N–H and O–H groups in total. The third-order valence-corrected chi connectivity index (χ3v) is 3.36. The third kappa shape index (κ3) is 5.51. The zero-order chi connectivity index (χ0) is 13.3. The summed E-state index contributed by atoms with van der Waals surface area (Å²) in [6, 6.07) is 0.571. The number of piperazine rings is 1. The van der Waals surface area contributed by atoms with Crippen molar-refractivity contribution in [2.24, 2.45) is 0 Å². The minimum absolute atomic E-state index is 0.571. The highest BCUT2D eigenvalue weighted by Gasteiger charge is 2.20. The SMILES string of the molecule is C=C/C=C(\CC)C(C)N1CCN(C)CC1.CC. The first kappa shape index (κ1) is 16.4. The van der Waals surface area contributed by atoms with E-state index in [1.807, 2.05) is 19.9 Å². The first-order valence-corrected chi connectivity index (χ1v) is 6.93. The summed E-state index contributed by atoms with van der Waals surface area (Å²) in [5.41, 5.74) is 1.49. The minimum atomic E-state index is 0.571. The van der Waals surface area contributed by atoms with Gasteiger partial charge in [0, 0.05) is 32.2 Å². The topological polar surface area (TPSA) is 6.48 Å². The molecule has 0 aliphatic carbocycles. The molecular weight excluding hydrogens is 208 g/mol. The van der Waals surface area contributed by atoms with Crippen molar-refractivity contribution in [2.45, 2.75) is 40.2 Å². The molecule has 1 aliphatic rings. The first-order valence-electron chi connectivity index (χ1n) is 6.93. The summed E-state index contributed by atoms with van der Waals surface area (Å²) < 4.78 is 0. The van der Waals surface area contributed by atoms with E-state index in [4.69, 9.17) is 0 Å². The summed E-state index contributed by atoms with van der Waals surface area (Å²) in [6.45, 7) is 17.1. The Hall–Kier alpha value is -0.600. The molecule has 17 heavy (non-hydrogen) atoms. The van der Waals surface area contributed by atoms with Gasteiger partial charge in [-0.15, -0.1) is 0 Å². The Labute approximate surface area is 108 Å². The Morgan fingerprint density at radius 1 is 1.24 bits per heavy atom. The molecule has 1 heterocycles. The van der Waals surface area contributed by atoms with Gasteiger partial charge >= 0.3 is 0 Å². The van der Waals surface area contributed by atoms with Gasteiger partial charge in [0.1, 0.15) is 0 Å². The maximum Gasteiger partial charge on any atom is 0.0283 e. The van der Waals surface area contributed by atoms with Crippen molar-refractivity contribution in [1.29, 1.82) is 0 Å². The van der Waals surface area contributed by atoms with Gasteiger partial charge in [-0.05, 0) is 20.4 Å². The molecule has 1 fully saturated rings. The highest BCUT2D eigenvalue weighted by Crippen LogP contribution is 2.15. The van der Waals surface area contributed by atoms with Gasteiger partial charge in [0.15, 0.2) is 0 Å². The van der Waals surface area contributed by atoms with E-state index in [9.17, 15) is 0 Å². The molecule has 0 saturated carbocycles. The largest absolute Gasteiger partial charge is 0.304 e. The molecule has 2 heteroatoms. The molecule has 0 spiro atoms. The Bertz CT molecular complexity index is 225. The molecule has 0 aromatic heterocycles. The fraction of sp³-hybridized carbons (Fsp3) is 0.733. The van der Waals surface area contributed by atoms with Crippen molar-refractivity contribution in [1.82, 2.24) is 9.80 Å². The van der Waals surface area contributed by atoms with Crippen LogP contribution in [-0.2, 0) is 0 Å². The zero-order valence-corrected chi connectivity index (χ0v) is 12.4. The van der Waals surface area contributed by atoms with Gasteiger partial charge < -0.3 is 4.90 Å². The van der Waals surface area contributed by atoms with Gasteiger partial charge in [-0.25, -0.2) is 0 Å². The van der Waals surface area contributed by atoms with Crippen LogP contribution in [0.25, 0.3) is 0 Å². The highest BCUT2D eigenvalue weighted by atomic mass is 15.3. The van der Waals surface area contributed by atoms with Crippen LogP contribution >= 0.6 is 0 Å². The van der Waals surface area contributed by atoms with E-state index in [1.54, 1.807) is 0 Å². The highest BCUT2D eigenvalue weighted by molar-refractivity contribution is 5.15. The van der Waals surface area contributed by atoms with E-state index in [0.29, 0.717) is 6.04 Å². The summed E-state index contributed by atoms with van der Waals surface area (Å²) >= 11 is 0. The van der Waals surface area contributed by atoms with E-state index in [1.165, 1.54) is 31.8 Å². The van der Waals surface area contributed by atoms with E-state index in [0.717, 1.165) is 6.42 Å². The third-order valence-electron chi connectivity index (χ3n) is 3.36. The molecule has 1 unspecified atom stereocenters. The number of hydrogen-bond donors (Lipinski definition) is 0. The molecule has 1 rings (SSSR count). The normalized spacial score (nSPS) is 20.4. The summed E-state index contributed by atoms with van der Waals surface area (Å²) in [7, 11) is 2.20. The molecule has 0 amide bonds. The van der Waals surface area contributed by atoms with Crippen LogP contribution in [0, 0.1) is 0 Å². The molecule has 1 aliphatic heterocycles. The Morgan fingerprint density at radius 3 is 2.18 bits per heavy atom. The molecule has 1 atom stereocenters. The van der Waals surface area contributed by atoms with Gasteiger partial charge in [0.25, 0.3) is 0 Å². The van der Waals surface area contributed by atoms with Crippen LogP contribution in [0.3, 0.4) is 0 Å². The van der Waals surface area contributed by atoms with Gasteiger partial charge in [-0.2, -0.15) is 0 Å². The average Bonchev–Trinajstić information content (AvgIpc) is 2.38. The van der Waals surface area contributed by atoms with Crippen LogP contribution in [-0.4, -0.2) is 49.1 Å². The van der Waals surface area contributed by atoms with Crippen molar-refractivity contribution in [3.8, 4) is 0 Å². The predicted molar refractivity (Wildman–Crippen MR) is 78.5 cm³/mol. The second-order valence-electron chi connectivity index (χ2n) is 4.35. The lowest BCUT2D eigenvalue weighted by Gasteiger charge is -2.37. The molecule has 1 saturated heterocycles. The summed E-state index contributed by atoms with van der Waals surface area (Å²) in [5.74, 6) is 0. The van der Waals surface area contributed by atoms with Crippen LogP contribution in [0.2, 0.25) is 0 Å². The van der Waals surface area contributed by atoms with Gasteiger partial charge in [0.2, 0.25) is 0 Å². The van der Waals surface area contributed by atoms with Crippen molar-refractivity contribution in [3.63, 3.8) is 0 Å². The van der Waals surface area contributed by atoms with Crippen LogP contribution in [0.4, 0.5) is 0 Å². The second-order valence-corrected chi connectivity index (χ2v) is 4.35. The lowest BCUT2D eigenvalue weighted by atomic mass is 10.0. The van der Waals surface area contributed by atoms with E-state index in [-0.39, 0.29) is 0 Å². The number of rotatable bonds is 4. The summed E-state index contributed by atoms with van der Waals surface area (Å²) in [4.78, 5) is 4.96. The van der Waals surface area contributed by atoms with Crippen LogP contribution < -0.4 is 0 Å². The maximum atomic E-state index is 3.78. The monoisotopic (exact) mass is 238 g/mol. The molecular formula is C15H30N2. The number of likely N-dealkylation sites (N-methyl/N-ethyl adjacent to an activating group) is 1. The van der Waals surface area contributed by atoms with E-state index in [2.05, 4.69) is 43.3 Å². The van der Waals surface area contributed by atoms with E-state index >= 15 is 0 Å². The molecule has 100 valence electrons. The fourth-order valence-corrected chi connectivity index (χ4v) is 2.15. The molecule has 0 bridgehead atoms. The van der Waals surface area contributed by atoms with Crippen molar-refractivity contribution in [2.75, 3.05) is 33.2 Å². The van der Waals surface area contributed by atoms with Crippen molar-refractivity contribution in [3.05, 3.63) is 24.3 Å². The Morgan fingerprint density at radius 2 is 1.76 bits per heavy atom. The fourth-order valence-electron chi connectivity index (χ4n) is 2.15. The van der Waals surface area contributed by atoms with Crippen LogP contribution in [0.15, 0.2) is 24.3 Å². The van der Waals surface area contributed by atoms with Gasteiger partial charge in [-0.1, -0.05) is 45.1 Å². The smallest absolute Gasteiger partial charge is 0.0283 e.